The number of aromatic nitrogens is 3. The Kier molecular flexibility index (Phi) is 4.95. The van der Waals surface area contributed by atoms with Crippen LogP contribution in [0.25, 0.3) is 0 Å². The summed E-state index contributed by atoms with van der Waals surface area (Å²) in [4.78, 5) is 2.34. The molecule has 0 saturated carbocycles. The van der Waals surface area contributed by atoms with E-state index >= 15 is 0 Å². The van der Waals surface area contributed by atoms with E-state index in [4.69, 9.17) is 4.74 Å². The van der Waals surface area contributed by atoms with E-state index in [1.54, 1.807) is 0 Å². The Bertz CT molecular complexity index is 850. The molecule has 2 aromatic carbocycles. The summed E-state index contributed by atoms with van der Waals surface area (Å²) in [7, 11) is 0. The van der Waals surface area contributed by atoms with Crippen molar-refractivity contribution in [2.45, 2.75) is 32.8 Å². The van der Waals surface area contributed by atoms with Crippen LogP contribution < -0.4 is 4.74 Å². The van der Waals surface area contributed by atoms with Gasteiger partial charge >= 0.3 is 0 Å². The van der Waals surface area contributed by atoms with Gasteiger partial charge in [0.2, 0.25) is 0 Å². The molecule has 6 nitrogen and oxygen atoms in total. The lowest BCUT2D eigenvalue weighted by Crippen LogP contribution is -2.33. The van der Waals surface area contributed by atoms with Crippen molar-refractivity contribution in [3.8, 4) is 5.75 Å². The molecule has 3 aromatic rings. The quantitative estimate of drug-likeness (QED) is 0.739. The fraction of sp³-hybridized carbons (Fsp3) is 0.300. The van der Waals surface area contributed by atoms with Crippen molar-refractivity contribution in [1.82, 2.24) is 19.9 Å². The van der Waals surface area contributed by atoms with E-state index in [9.17, 15) is 5.11 Å². The molecule has 1 aromatic heterocycles. The number of aliphatic hydroxyl groups is 1. The van der Waals surface area contributed by atoms with Crippen molar-refractivity contribution in [3.63, 3.8) is 0 Å². The lowest BCUT2D eigenvalue weighted by atomic mass is 10.1. The van der Waals surface area contributed by atoms with Crippen LogP contribution >= 0.6 is 0 Å². The predicted molar refractivity (Wildman–Crippen MR) is 97.3 cm³/mol. The van der Waals surface area contributed by atoms with Gasteiger partial charge in [-0.05, 0) is 23.3 Å². The Hall–Kier alpha value is -2.70. The molecule has 1 N–H and O–H groups in total. The zero-order chi connectivity index (χ0) is 17.8. The van der Waals surface area contributed by atoms with Crippen LogP contribution in [0.4, 0.5) is 0 Å². The number of aliphatic hydroxyl groups excluding tert-OH is 1. The summed E-state index contributed by atoms with van der Waals surface area (Å²) in [5.41, 5.74) is 4.05. The largest absolute Gasteiger partial charge is 0.489 e. The van der Waals surface area contributed by atoms with E-state index in [2.05, 4.69) is 39.5 Å². The molecule has 0 radical (unpaired) electrons. The minimum Gasteiger partial charge on any atom is -0.489 e. The third-order valence-electron chi connectivity index (χ3n) is 4.62. The summed E-state index contributed by atoms with van der Waals surface area (Å²) in [6, 6.07) is 18.4. The van der Waals surface area contributed by atoms with Crippen molar-refractivity contribution in [2.75, 3.05) is 6.54 Å². The number of hydrogen-bond donors (Lipinski definition) is 1. The van der Waals surface area contributed by atoms with Crippen molar-refractivity contribution in [3.05, 3.63) is 77.1 Å². The molecule has 0 aliphatic carbocycles. The summed E-state index contributed by atoms with van der Waals surface area (Å²) in [6.07, 6.45) is 0. The van der Waals surface area contributed by atoms with Gasteiger partial charge in [0.15, 0.2) is 0 Å². The molecule has 26 heavy (non-hydrogen) atoms. The van der Waals surface area contributed by atoms with Gasteiger partial charge in [-0.25, -0.2) is 4.68 Å². The fourth-order valence-electron chi connectivity index (χ4n) is 3.24. The lowest BCUT2D eigenvalue weighted by molar-refractivity contribution is 0.200. The lowest BCUT2D eigenvalue weighted by Gasteiger charge is -2.27. The highest BCUT2D eigenvalue weighted by molar-refractivity contribution is 5.29. The highest BCUT2D eigenvalue weighted by Crippen LogP contribution is 2.20. The Morgan fingerprint density at radius 2 is 1.85 bits per heavy atom. The van der Waals surface area contributed by atoms with Gasteiger partial charge in [0.1, 0.15) is 18.1 Å². The van der Waals surface area contributed by atoms with Crippen molar-refractivity contribution in [2.24, 2.45) is 0 Å². The second kappa shape index (κ2) is 7.68. The normalized spacial score (nSPS) is 14.2. The first-order valence-corrected chi connectivity index (χ1v) is 8.82. The molecule has 1 aliphatic rings. The minimum atomic E-state index is -0.0635. The van der Waals surface area contributed by atoms with Gasteiger partial charge in [-0.1, -0.05) is 47.7 Å². The average molecular weight is 350 g/mol. The van der Waals surface area contributed by atoms with Crippen molar-refractivity contribution < 1.29 is 9.84 Å². The van der Waals surface area contributed by atoms with E-state index in [1.165, 1.54) is 5.56 Å². The molecular weight excluding hydrogens is 328 g/mol. The van der Waals surface area contributed by atoms with Crippen LogP contribution in [0.5, 0.6) is 5.75 Å². The number of ether oxygens (including phenoxy) is 1. The molecule has 6 heteroatoms. The third-order valence-corrected chi connectivity index (χ3v) is 4.62. The maximum absolute atomic E-state index is 9.40. The Balaban J connectivity index is 1.39. The molecule has 0 saturated heterocycles. The molecule has 0 unspecified atom stereocenters. The van der Waals surface area contributed by atoms with Crippen LogP contribution in [0.15, 0.2) is 54.6 Å². The maximum atomic E-state index is 9.40. The van der Waals surface area contributed by atoms with Crippen LogP contribution in [0.1, 0.15) is 22.5 Å². The topological polar surface area (TPSA) is 63.4 Å². The zero-order valence-corrected chi connectivity index (χ0v) is 14.6. The zero-order valence-electron chi connectivity index (χ0n) is 14.6. The molecule has 0 fully saturated rings. The predicted octanol–water partition coefficient (Wildman–Crippen LogP) is 2.37. The summed E-state index contributed by atoms with van der Waals surface area (Å²) in [6.45, 7) is 3.80. The van der Waals surface area contributed by atoms with Crippen LogP contribution in [0.3, 0.4) is 0 Å². The smallest absolute Gasteiger partial charge is 0.120 e. The monoisotopic (exact) mass is 350 g/mol. The Morgan fingerprint density at radius 3 is 2.69 bits per heavy atom. The summed E-state index contributed by atoms with van der Waals surface area (Å²) in [5, 5.41) is 17.5. The van der Waals surface area contributed by atoms with Gasteiger partial charge in [0.05, 0.1) is 18.8 Å². The van der Waals surface area contributed by atoms with Gasteiger partial charge < -0.3 is 9.84 Å². The molecule has 0 amide bonds. The summed E-state index contributed by atoms with van der Waals surface area (Å²) in [5.74, 6) is 0.881. The summed E-state index contributed by atoms with van der Waals surface area (Å²) < 4.78 is 7.82. The molecule has 0 spiro atoms. The van der Waals surface area contributed by atoms with Crippen LogP contribution in [0, 0.1) is 0 Å². The minimum absolute atomic E-state index is 0.0635. The Labute approximate surface area is 152 Å². The van der Waals surface area contributed by atoms with Gasteiger partial charge in [-0.15, -0.1) is 5.10 Å². The molecule has 0 atom stereocenters. The van der Waals surface area contributed by atoms with Gasteiger partial charge in [-0.3, -0.25) is 4.90 Å². The number of benzene rings is 2. The number of nitrogens with zero attached hydrogens (tertiary/aromatic N) is 4. The van der Waals surface area contributed by atoms with Crippen molar-refractivity contribution in [1.29, 1.82) is 0 Å². The van der Waals surface area contributed by atoms with Crippen LogP contribution in [0.2, 0.25) is 0 Å². The standard InChI is InChI=1S/C20H22N4O2/c25-14-19-20-13-23(9-10-24(20)22-21-19)12-17-7-4-8-18(11-17)26-15-16-5-2-1-3-6-16/h1-8,11,25H,9-10,12-15H2. The summed E-state index contributed by atoms with van der Waals surface area (Å²) >= 11 is 0. The highest BCUT2D eigenvalue weighted by atomic mass is 16.5. The fourth-order valence-corrected chi connectivity index (χ4v) is 3.24. The number of hydrogen-bond acceptors (Lipinski definition) is 5. The third kappa shape index (κ3) is 3.76. The first-order chi connectivity index (χ1) is 12.8. The molecule has 134 valence electrons. The molecule has 4 rings (SSSR count). The molecule has 1 aliphatic heterocycles. The maximum Gasteiger partial charge on any atom is 0.120 e. The highest BCUT2D eigenvalue weighted by Gasteiger charge is 2.21. The van der Waals surface area contributed by atoms with E-state index in [1.807, 2.05) is 35.0 Å². The van der Waals surface area contributed by atoms with E-state index < -0.39 is 0 Å². The van der Waals surface area contributed by atoms with Gasteiger partial charge in [0, 0.05) is 19.6 Å². The number of fused-ring (bicyclic) bond motifs is 1. The second-order valence-corrected chi connectivity index (χ2v) is 6.50. The first-order valence-electron chi connectivity index (χ1n) is 8.82. The van der Waals surface area contributed by atoms with Gasteiger partial charge in [0.25, 0.3) is 0 Å². The molecular formula is C20H22N4O2. The van der Waals surface area contributed by atoms with E-state index in [0.29, 0.717) is 12.3 Å². The van der Waals surface area contributed by atoms with E-state index in [-0.39, 0.29) is 6.61 Å². The van der Waals surface area contributed by atoms with E-state index in [0.717, 1.165) is 43.2 Å². The first kappa shape index (κ1) is 16.8. The van der Waals surface area contributed by atoms with Crippen molar-refractivity contribution >= 4 is 0 Å². The SMILES string of the molecule is OCc1nnn2c1CN(Cc1cccc(OCc3ccccc3)c1)CC2. The molecule has 2 heterocycles. The number of rotatable bonds is 6. The van der Waals surface area contributed by atoms with Gasteiger partial charge in [-0.2, -0.15) is 0 Å². The van der Waals surface area contributed by atoms with Crippen LogP contribution in [-0.2, 0) is 32.8 Å². The Morgan fingerprint density at radius 1 is 1.00 bits per heavy atom. The molecule has 0 bridgehead atoms. The second-order valence-electron chi connectivity index (χ2n) is 6.50. The average Bonchev–Trinajstić information content (AvgIpc) is 3.10. The van der Waals surface area contributed by atoms with Crippen LogP contribution in [-0.4, -0.2) is 31.5 Å².